The van der Waals surface area contributed by atoms with Gasteiger partial charge in [-0.05, 0) is 34.0 Å². The molecule has 2 unspecified atom stereocenters. The summed E-state index contributed by atoms with van der Waals surface area (Å²) in [5, 5.41) is 3.46. The first kappa shape index (κ1) is 11.3. The van der Waals surface area contributed by atoms with E-state index >= 15 is 0 Å². The maximum Gasteiger partial charge on any atom is 0.0950 e. The van der Waals surface area contributed by atoms with E-state index in [1.54, 1.807) is 12.5 Å². The zero-order valence-corrected chi connectivity index (χ0v) is 9.45. The van der Waals surface area contributed by atoms with Crippen LogP contribution >= 0.6 is 0 Å². The number of nitrogens with one attached hydrogen (secondary N) is 1. The van der Waals surface area contributed by atoms with Gasteiger partial charge in [-0.25, -0.2) is 0 Å². The summed E-state index contributed by atoms with van der Waals surface area (Å²) in [6, 6.07) is 2.90. The van der Waals surface area contributed by atoms with E-state index in [2.05, 4.69) is 38.2 Å². The average molecular weight is 196 g/mol. The van der Waals surface area contributed by atoms with Crippen LogP contribution in [0.1, 0.15) is 25.5 Å². The van der Waals surface area contributed by atoms with E-state index in [4.69, 9.17) is 4.42 Å². The lowest BCUT2D eigenvalue weighted by atomic mass is 10.2. The summed E-state index contributed by atoms with van der Waals surface area (Å²) >= 11 is 0. The third-order valence-electron chi connectivity index (χ3n) is 2.64. The molecule has 0 aromatic carbocycles. The van der Waals surface area contributed by atoms with Crippen molar-refractivity contribution in [1.29, 1.82) is 0 Å². The van der Waals surface area contributed by atoms with Gasteiger partial charge in [0.1, 0.15) is 0 Å². The van der Waals surface area contributed by atoms with Crippen LogP contribution in [0.3, 0.4) is 0 Å². The molecule has 0 fully saturated rings. The predicted molar refractivity (Wildman–Crippen MR) is 58.3 cm³/mol. The molecule has 0 saturated heterocycles. The number of nitrogens with zero attached hydrogens (tertiary/aromatic N) is 1. The molecule has 1 heterocycles. The minimum absolute atomic E-state index is 0.358. The van der Waals surface area contributed by atoms with Gasteiger partial charge in [-0.1, -0.05) is 0 Å². The molecule has 0 spiro atoms. The van der Waals surface area contributed by atoms with E-state index < -0.39 is 0 Å². The van der Waals surface area contributed by atoms with Crippen molar-refractivity contribution in [3.05, 3.63) is 24.2 Å². The fraction of sp³-hybridized carbons (Fsp3) is 0.636. The van der Waals surface area contributed by atoms with E-state index in [9.17, 15) is 0 Å². The van der Waals surface area contributed by atoms with Gasteiger partial charge in [0.25, 0.3) is 0 Å². The highest BCUT2D eigenvalue weighted by Gasteiger charge is 2.09. The van der Waals surface area contributed by atoms with Crippen molar-refractivity contribution in [3.8, 4) is 0 Å². The van der Waals surface area contributed by atoms with Gasteiger partial charge in [-0.3, -0.25) is 0 Å². The van der Waals surface area contributed by atoms with Gasteiger partial charge in [0.15, 0.2) is 0 Å². The van der Waals surface area contributed by atoms with Gasteiger partial charge in [0, 0.05) is 24.2 Å². The standard InChI is InChI=1S/C11H20N2O/c1-9(13(3)4)7-12-10(2)11-5-6-14-8-11/h5-6,8-10,12H,7H2,1-4H3. The van der Waals surface area contributed by atoms with Crippen molar-refractivity contribution in [2.24, 2.45) is 0 Å². The molecule has 14 heavy (non-hydrogen) atoms. The molecule has 0 saturated carbocycles. The Morgan fingerprint density at radius 2 is 2.14 bits per heavy atom. The van der Waals surface area contributed by atoms with Gasteiger partial charge >= 0.3 is 0 Å². The lowest BCUT2D eigenvalue weighted by molar-refractivity contribution is 0.295. The van der Waals surface area contributed by atoms with Gasteiger partial charge < -0.3 is 14.6 Å². The molecule has 1 N–H and O–H groups in total. The topological polar surface area (TPSA) is 28.4 Å². The molecular formula is C11H20N2O. The Morgan fingerprint density at radius 1 is 1.43 bits per heavy atom. The first-order valence-corrected chi connectivity index (χ1v) is 5.03. The Morgan fingerprint density at radius 3 is 2.64 bits per heavy atom. The van der Waals surface area contributed by atoms with E-state index in [1.165, 1.54) is 5.56 Å². The van der Waals surface area contributed by atoms with Crippen LogP contribution in [-0.4, -0.2) is 31.6 Å². The number of furan rings is 1. The quantitative estimate of drug-likeness (QED) is 0.779. The van der Waals surface area contributed by atoms with Gasteiger partial charge in [-0.2, -0.15) is 0 Å². The highest BCUT2D eigenvalue weighted by Crippen LogP contribution is 2.11. The number of likely N-dealkylation sites (N-methyl/N-ethyl adjacent to an activating group) is 1. The molecule has 2 atom stereocenters. The van der Waals surface area contributed by atoms with Crippen molar-refractivity contribution in [2.45, 2.75) is 25.9 Å². The monoisotopic (exact) mass is 196 g/mol. The van der Waals surface area contributed by atoms with Gasteiger partial charge in [-0.15, -0.1) is 0 Å². The minimum Gasteiger partial charge on any atom is -0.472 e. The molecule has 1 aromatic rings. The predicted octanol–water partition coefficient (Wildman–Crippen LogP) is 1.88. The fourth-order valence-corrected chi connectivity index (χ4v) is 1.17. The number of hydrogen-bond acceptors (Lipinski definition) is 3. The number of rotatable bonds is 5. The largest absolute Gasteiger partial charge is 0.472 e. The highest BCUT2D eigenvalue weighted by molar-refractivity contribution is 5.10. The molecule has 0 aliphatic heterocycles. The van der Waals surface area contributed by atoms with Crippen molar-refractivity contribution >= 4 is 0 Å². The SMILES string of the molecule is CC(NCC(C)N(C)C)c1ccoc1. The smallest absolute Gasteiger partial charge is 0.0950 e. The fourth-order valence-electron chi connectivity index (χ4n) is 1.17. The molecule has 0 radical (unpaired) electrons. The third kappa shape index (κ3) is 3.16. The number of hydrogen-bond donors (Lipinski definition) is 1. The normalized spacial score (nSPS) is 15.8. The molecule has 3 nitrogen and oxygen atoms in total. The summed E-state index contributed by atoms with van der Waals surface area (Å²) < 4.78 is 5.04. The molecule has 1 rings (SSSR count). The second-order valence-electron chi connectivity index (χ2n) is 4.00. The van der Waals surface area contributed by atoms with Crippen molar-refractivity contribution in [2.75, 3.05) is 20.6 Å². The lowest BCUT2D eigenvalue weighted by Gasteiger charge is -2.22. The second-order valence-corrected chi connectivity index (χ2v) is 4.00. The molecule has 0 amide bonds. The summed E-state index contributed by atoms with van der Waals surface area (Å²) in [6.45, 7) is 5.33. The average Bonchev–Trinajstić information content (AvgIpc) is 2.66. The van der Waals surface area contributed by atoms with Gasteiger partial charge in [0.2, 0.25) is 0 Å². The van der Waals surface area contributed by atoms with Crippen molar-refractivity contribution in [3.63, 3.8) is 0 Å². The molecule has 3 heteroatoms. The first-order chi connectivity index (χ1) is 6.61. The summed E-state index contributed by atoms with van der Waals surface area (Å²) in [4.78, 5) is 2.20. The zero-order chi connectivity index (χ0) is 10.6. The molecular weight excluding hydrogens is 176 g/mol. The summed E-state index contributed by atoms with van der Waals surface area (Å²) in [5.74, 6) is 0. The van der Waals surface area contributed by atoms with Crippen LogP contribution in [0.2, 0.25) is 0 Å². The Bertz CT molecular complexity index is 244. The molecule has 80 valence electrons. The first-order valence-electron chi connectivity index (χ1n) is 5.03. The van der Waals surface area contributed by atoms with Crippen LogP contribution < -0.4 is 5.32 Å². The molecule has 0 aliphatic rings. The molecule has 1 aromatic heterocycles. The minimum atomic E-state index is 0.358. The van der Waals surface area contributed by atoms with Crippen LogP contribution in [0, 0.1) is 0 Å². The van der Waals surface area contributed by atoms with E-state index in [1.807, 2.05) is 6.07 Å². The summed E-state index contributed by atoms with van der Waals surface area (Å²) in [7, 11) is 4.18. The summed E-state index contributed by atoms with van der Waals surface area (Å²) in [5.41, 5.74) is 1.20. The lowest BCUT2D eigenvalue weighted by Crippen LogP contribution is -2.36. The Balaban J connectivity index is 2.32. The zero-order valence-electron chi connectivity index (χ0n) is 9.45. The molecule has 0 bridgehead atoms. The Kier molecular flexibility index (Phi) is 4.17. The van der Waals surface area contributed by atoms with E-state index in [0.717, 1.165) is 6.54 Å². The van der Waals surface area contributed by atoms with Crippen LogP contribution in [0.5, 0.6) is 0 Å². The maximum absolute atomic E-state index is 5.04. The van der Waals surface area contributed by atoms with Crippen LogP contribution in [0.4, 0.5) is 0 Å². The Hall–Kier alpha value is -0.800. The van der Waals surface area contributed by atoms with Crippen LogP contribution in [-0.2, 0) is 0 Å². The maximum atomic E-state index is 5.04. The second kappa shape index (κ2) is 5.17. The van der Waals surface area contributed by atoms with Crippen molar-refractivity contribution in [1.82, 2.24) is 10.2 Å². The van der Waals surface area contributed by atoms with Crippen LogP contribution in [0.25, 0.3) is 0 Å². The van der Waals surface area contributed by atoms with Gasteiger partial charge in [0.05, 0.1) is 12.5 Å². The van der Waals surface area contributed by atoms with E-state index in [0.29, 0.717) is 12.1 Å². The highest BCUT2D eigenvalue weighted by atomic mass is 16.3. The van der Waals surface area contributed by atoms with Crippen molar-refractivity contribution < 1.29 is 4.42 Å². The van der Waals surface area contributed by atoms with Crippen LogP contribution in [0.15, 0.2) is 23.0 Å². The Labute approximate surface area is 86.1 Å². The summed E-state index contributed by atoms with van der Waals surface area (Å²) in [6.07, 6.45) is 3.50. The molecule has 0 aliphatic carbocycles. The third-order valence-corrected chi connectivity index (χ3v) is 2.64. The van der Waals surface area contributed by atoms with E-state index in [-0.39, 0.29) is 0 Å².